The molecule has 1 saturated heterocycles. The van der Waals surface area contributed by atoms with Crippen LogP contribution in [-0.4, -0.2) is 25.0 Å². The van der Waals surface area contributed by atoms with E-state index in [1.165, 1.54) is 32.4 Å². The van der Waals surface area contributed by atoms with E-state index in [-0.39, 0.29) is 0 Å². The van der Waals surface area contributed by atoms with Crippen molar-refractivity contribution in [2.75, 3.05) is 20.1 Å². The van der Waals surface area contributed by atoms with Crippen LogP contribution in [0.25, 0.3) is 0 Å². The first-order chi connectivity index (χ1) is 5.59. The summed E-state index contributed by atoms with van der Waals surface area (Å²) in [6, 6.07) is 0. The highest BCUT2D eigenvalue weighted by Crippen LogP contribution is 2.49. The van der Waals surface area contributed by atoms with Crippen molar-refractivity contribution in [3.05, 3.63) is 0 Å². The van der Waals surface area contributed by atoms with Crippen LogP contribution in [0.3, 0.4) is 0 Å². The van der Waals surface area contributed by atoms with Crippen molar-refractivity contribution in [3.8, 4) is 0 Å². The Morgan fingerprint density at radius 1 is 1.25 bits per heavy atom. The molecule has 1 heteroatoms. The monoisotopic (exact) mass is 167 g/mol. The molecule has 70 valence electrons. The molecule has 1 aliphatic heterocycles. The van der Waals surface area contributed by atoms with Gasteiger partial charge in [-0.15, -0.1) is 0 Å². The van der Waals surface area contributed by atoms with E-state index in [0.717, 1.165) is 11.8 Å². The van der Waals surface area contributed by atoms with Crippen LogP contribution in [0.5, 0.6) is 0 Å². The summed E-state index contributed by atoms with van der Waals surface area (Å²) in [5.74, 6) is 2.03. The van der Waals surface area contributed by atoms with Crippen LogP contribution in [0.4, 0.5) is 0 Å². The SMILES string of the molecule is CN1CCC2C(CCC2(C)C)C1. The van der Waals surface area contributed by atoms with Gasteiger partial charge < -0.3 is 4.90 Å². The van der Waals surface area contributed by atoms with E-state index >= 15 is 0 Å². The van der Waals surface area contributed by atoms with E-state index in [4.69, 9.17) is 0 Å². The van der Waals surface area contributed by atoms with Crippen molar-refractivity contribution in [1.82, 2.24) is 4.90 Å². The second-order valence-corrected chi connectivity index (χ2v) is 5.44. The fraction of sp³-hybridized carbons (Fsp3) is 1.00. The van der Waals surface area contributed by atoms with Crippen LogP contribution in [0.15, 0.2) is 0 Å². The third-order valence-corrected chi connectivity index (χ3v) is 4.10. The van der Waals surface area contributed by atoms with Crippen LogP contribution in [-0.2, 0) is 0 Å². The Morgan fingerprint density at radius 3 is 2.75 bits per heavy atom. The molecule has 1 nitrogen and oxygen atoms in total. The maximum Gasteiger partial charge on any atom is 0.000947 e. The standard InChI is InChI=1S/C11H21N/c1-11(2)6-4-9-8-12(3)7-5-10(9)11/h9-10H,4-8H2,1-3H3. The molecule has 12 heavy (non-hydrogen) atoms. The summed E-state index contributed by atoms with van der Waals surface area (Å²) >= 11 is 0. The van der Waals surface area contributed by atoms with Gasteiger partial charge in [0, 0.05) is 6.54 Å². The molecule has 0 amide bonds. The highest BCUT2D eigenvalue weighted by atomic mass is 15.1. The number of hydrogen-bond acceptors (Lipinski definition) is 1. The minimum absolute atomic E-state index is 0.645. The van der Waals surface area contributed by atoms with Gasteiger partial charge in [0.05, 0.1) is 0 Å². The maximum atomic E-state index is 2.50. The molecule has 2 atom stereocenters. The average Bonchev–Trinajstić information content (AvgIpc) is 2.27. The van der Waals surface area contributed by atoms with Crippen molar-refractivity contribution in [3.63, 3.8) is 0 Å². The summed E-state index contributed by atoms with van der Waals surface area (Å²) in [4.78, 5) is 2.50. The molecule has 0 bridgehead atoms. The maximum absolute atomic E-state index is 2.50. The molecule has 2 unspecified atom stereocenters. The largest absolute Gasteiger partial charge is 0.306 e. The van der Waals surface area contributed by atoms with Gasteiger partial charge in [-0.05, 0) is 50.1 Å². The molecule has 0 radical (unpaired) electrons. The van der Waals surface area contributed by atoms with Crippen LogP contribution in [0, 0.1) is 17.3 Å². The lowest BCUT2D eigenvalue weighted by molar-refractivity contribution is 0.108. The normalized spacial score (nSPS) is 41.2. The summed E-state index contributed by atoms with van der Waals surface area (Å²) in [5, 5.41) is 0. The zero-order valence-corrected chi connectivity index (χ0v) is 8.64. The number of hydrogen-bond donors (Lipinski definition) is 0. The Morgan fingerprint density at radius 2 is 2.00 bits per heavy atom. The molecule has 1 saturated carbocycles. The van der Waals surface area contributed by atoms with Crippen molar-refractivity contribution >= 4 is 0 Å². The highest BCUT2D eigenvalue weighted by molar-refractivity contribution is 4.94. The first-order valence-corrected chi connectivity index (χ1v) is 5.28. The van der Waals surface area contributed by atoms with Gasteiger partial charge in [-0.1, -0.05) is 13.8 Å². The average molecular weight is 167 g/mol. The van der Waals surface area contributed by atoms with Crippen LogP contribution >= 0.6 is 0 Å². The van der Waals surface area contributed by atoms with Gasteiger partial charge in [0.2, 0.25) is 0 Å². The quantitative estimate of drug-likeness (QED) is 0.535. The van der Waals surface area contributed by atoms with Gasteiger partial charge in [0.1, 0.15) is 0 Å². The Kier molecular flexibility index (Phi) is 1.95. The van der Waals surface area contributed by atoms with E-state index in [0.29, 0.717) is 5.41 Å². The minimum atomic E-state index is 0.645. The van der Waals surface area contributed by atoms with E-state index in [1.54, 1.807) is 0 Å². The van der Waals surface area contributed by atoms with Gasteiger partial charge in [-0.25, -0.2) is 0 Å². The first-order valence-electron chi connectivity index (χ1n) is 5.28. The van der Waals surface area contributed by atoms with Crippen LogP contribution < -0.4 is 0 Å². The summed E-state index contributed by atoms with van der Waals surface area (Å²) in [6.45, 7) is 7.60. The molecule has 0 spiro atoms. The van der Waals surface area contributed by atoms with Gasteiger partial charge in [0.25, 0.3) is 0 Å². The summed E-state index contributed by atoms with van der Waals surface area (Å²) < 4.78 is 0. The highest BCUT2D eigenvalue weighted by Gasteiger charge is 2.43. The Bertz CT molecular complexity index is 174. The predicted octanol–water partition coefficient (Wildman–Crippen LogP) is 2.37. The lowest BCUT2D eigenvalue weighted by atomic mass is 9.75. The molecule has 2 fully saturated rings. The fourth-order valence-corrected chi connectivity index (χ4v) is 3.28. The number of rotatable bonds is 0. The Labute approximate surface area is 76.1 Å². The van der Waals surface area contributed by atoms with Crippen molar-refractivity contribution in [1.29, 1.82) is 0 Å². The number of likely N-dealkylation sites (tertiary alicyclic amines) is 1. The Hall–Kier alpha value is -0.0400. The summed E-state index contributed by atoms with van der Waals surface area (Å²) in [7, 11) is 2.27. The number of nitrogens with zero attached hydrogens (tertiary/aromatic N) is 1. The molecule has 2 rings (SSSR count). The predicted molar refractivity (Wildman–Crippen MR) is 52.1 cm³/mol. The fourth-order valence-electron chi connectivity index (χ4n) is 3.28. The lowest BCUT2D eigenvalue weighted by Crippen LogP contribution is -2.39. The molecular formula is C11H21N. The summed E-state index contributed by atoms with van der Waals surface area (Å²) in [6.07, 6.45) is 4.37. The zero-order chi connectivity index (χ0) is 8.77. The van der Waals surface area contributed by atoms with Gasteiger partial charge in [0.15, 0.2) is 0 Å². The molecule has 0 aromatic heterocycles. The molecule has 1 aliphatic carbocycles. The molecule has 0 aromatic carbocycles. The molecule has 0 aromatic rings. The first kappa shape index (κ1) is 8.55. The zero-order valence-electron chi connectivity index (χ0n) is 8.64. The third-order valence-electron chi connectivity index (χ3n) is 4.10. The topological polar surface area (TPSA) is 3.24 Å². The smallest absolute Gasteiger partial charge is 0.000947 e. The second kappa shape index (κ2) is 2.73. The minimum Gasteiger partial charge on any atom is -0.306 e. The van der Waals surface area contributed by atoms with Gasteiger partial charge in [-0.3, -0.25) is 0 Å². The molecule has 1 heterocycles. The van der Waals surface area contributed by atoms with Gasteiger partial charge >= 0.3 is 0 Å². The summed E-state index contributed by atoms with van der Waals surface area (Å²) in [5.41, 5.74) is 0.645. The van der Waals surface area contributed by atoms with Crippen molar-refractivity contribution < 1.29 is 0 Å². The van der Waals surface area contributed by atoms with E-state index < -0.39 is 0 Å². The number of piperidine rings is 1. The molecular weight excluding hydrogens is 146 g/mol. The van der Waals surface area contributed by atoms with E-state index in [2.05, 4.69) is 25.8 Å². The molecule has 2 aliphatic rings. The lowest BCUT2D eigenvalue weighted by Gasteiger charge is -2.38. The van der Waals surface area contributed by atoms with E-state index in [1.807, 2.05) is 0 Å². The second-order valence-electron chi connectivity index (χ2n) is 5.44. The van der Waals surface area contributed by atoms with Crippen LogP contribution in [0.2, 0.25) is 0 Å². The van der Waals surface area contributed by atoms with Crippen molar-refractivity contribution in [2.45, 2.75) is 33.1 Å². The van der Waals surface area contributed by atoms with Gasteiger partial charge in [-0.2, -0.15) is 0 Å². The third kappa shape index (κ3) is 1.28. The van der Waals surface area contributed by atoms with Crippen LogP contribution in [0.1, 0.15) is 33.1 Å². The van der Waals surface area contributed by atoms with E-state index in [9.17, 15) is 0 Å². The molecule has 0 N–H and O–H groups in total. The van der Waals surface area contributed by atoms with Crippen molar-refractivity contribution in [2.24, 2.45) is 17.3 Å². The number of fused-ring (bicyclic) bond motifs is 1. The Balaban J connectivity index is 2.08.